The molecule has 1 aliphatic rings. The third-order valence-electron chi connectivity index (χ3n) is 3.99. The van der Waals surface area contributed by atoms with Crippen LogP contribution in [0.15, 0.2) is 0 Å². The average molecular weight is 270 g/mol. The van der Waals surface area contributed by atoms with Crippen LogP contribution in [0.2, 0.25) is 0 Å². The van der Waals surface area contributed by atoms with E-state index in [4.69, 9.17) is 0 Å². The molecule has 0 aromatic carbocycles. The van der Waals surface area contributed by atoms with Gasteiger partial charge in [0, 0.05) is 12.6 Å². The van der Waals surface area contributed by atoms with Crippen LogP contribution in [0.1, 0.15) is 53.4 Å². The molecule has 1 aliphatic carbocycles. The van der Waals surface area contributed by atoms with Crippen molar-refractivity contribution in [3.8, 4) is 0 Å². The molecule has 0 radical (unpaired) electrons. The van der Waals surface area contributed by atoms with Crippen molar-refractivity contribution in [3.63, 3.8) is 0 Å². The van der Waals surface area contributed by atoms with Gasteiger partial charge in [0.2, 0.25) is 0 Å². The number of carboxylic acid groups (broad SMARTS) is 1. The molecule has 1 fully saturated rings. The number of nitrogens with one attached hydrogen (secondary N) is 1. The van der Waals surface area contributed by atoms with Gasteiger partial charge in [-0.3, -0.25) is 4.79 Å². The Labute approximate surface area is 117 Å². The van der Waals surface area contributed by atoms with E-state index in [9.17, 15) is 9.90 Å². The van der Waals surface area contributed by atoms with Crippen LogP contribution < -0.4 is 5.32 Å². The monoisotopic (exact) mass is 270 g/mol. The highest BCUT2D eigenvalue weighted by Gasteiger charge is 2.35. The molecule has 0 aliphatic heterocycles. The fraction of sp³-hybridized carbons (Fsp3) is 0.933. The third kappa shape index (κ3) is 5.49. The number of aliphatic carboxylic acids is 1. The van der Waals surface area contributed by atoms with Gasteiger partial charge in [-0.05, 0) is 51.6 Å². The quantitative estimate of drug-likeness (QED) is 0.640. The molecule has 2 N–H and O–H groups in total. The smallest absolute Gasteiger partial charge is 0.323 e. The lowest BCUT2D eigenvalue weighted by molar-refractivity contribution is -0.144. The van der Waals surface area contributed by atoms with Crippen molar-refractivity contribution < 1.29 is 9.90 Å². The van der Waals surface area contributed by atoms with E-state index in [2.05, 4.69) is 24.1 Å². The van der Waals surface area contributed by atoms with E-state index in [-0.39, 0.29) is 0 Å². The molecule has 0 aromatic heterocycles. The molecule has 4 nitrogen and oxygen atoms in total. The lowest BCUT2D eigenvalue weighted by Crippen LogP contribution is -2.51. The molecule has 0 spiro atoms. The maximum absolute atomic E-state index is 11.4. The molecule has 112 valence electrons. The molecule has 1 atom stereocenters. The average Bonchev–Trinajstić information content (AvgIpc) is 3.13. The summed E-state index contributed by atoms with van der Waals surface area (Å²) in [6.45, 7) is 10.9. The van der Waals surface area contributed by atoms with E-state index in [1.807, 2.05) is 6.92 Å². The zero-order valence-electron chi connectivity index (χ0n) is 12.9. The first kappa shape index (κ1) is 16.4. The van der Waals surface area contributed by atoms with Gasteiger partial charge in [0.15, 0.2) is 0 Å². The highest BCUT2D eigenvalue weighted by Crippen LogP contribution is 2.28. The summed E-state index contributed by atoms with van der Waals surface area (Å²) in [7, 11) is 0. The number of likely N-dealkylation sites (N-methyl/N-ethyl adjacent to an activating group) is 1. The van der Waals surface area contributed by atoms with E-state index in [0.717, 1.165) is 13.1 Å². The van der Waals surface area contributed by atoms with Crippen LogP contribution in [0.25, 0.3) is 0 Å². The second kappa shape index (κ2) is 7.25. The van der Waals surface area contributed by atoms with Crippen LogP contribution in [-0.2, 0) is 4.79 Å². The van der Waals surface area contributed by atoms with E-state index >= 15 is 0 Å². The Bertz CT molecular complexity index is 290. The Morgan fingerprint density at radius 3 is 2.47 bits per heavy atom. The number of carboxylic acids is 1. The van der Waals surface area contributed by atoms with Crippen molar-refractivity contribution in [2.24, 2.45) is 5.92 Å². The SMILES string of the molecule is CCNC(C)(CCN(CCC(C)C)C1CC1)C(=O)O. The minimum Gasteiger partial charge on any atom is -0.480 e. The van der Waals surface area contributed by atoms with Gasteiger partial charge in [-0.25, -0.2) is 0 Å². The fourth-order valence-corrected chi connectivity index (χ4v) is 2.37. The van der Waals surface area contributed by atoms with Gasteiger partial charge in [0.25, 0.3) is 0 Å². The molecule has 0 amide bonds. The second-order valence-corrected chi connectivity index (χ2v) is 6.37. The Morgan fingerprint density at radius 2 is 2.05 bits per heavy atom. The van der Waals surface area contributed by atoms with Gasteiger partial charge in [-0.15, -0.1) is 0 Å². The van der Waals surface area contributed by atoms with Crippen LogP contribution in [0.5, 0.6) is 0 Å². The van der Waals surface area contributed by atoms with E-state index in [1.165, 1.54) is 19.3 Å². The molecule has 0 heterocycles. The summed E-state index contributed by atoms with van der Waals surface area (Å²) in [5.41, 5.74) is -0.792. The van der Waals surface area contributed by atoms with Gasteiger partial charge < -0.3 is 15.3 Å². The topological polar surface area (TPSA) is 52.6 Å². The van der Waals surface area contributed by atoms with Crippen molar-refractivity contribution in [2.75, 3.05) is 19.6 Å². The molecule has 1 rings (SSSR count). The van der Waals surface area contributed by atoms with Gasteiger partial charge >= 0.3 is 5.97 Å². The Hall–Kier alpha value is -0.610. The van der Waals surface area contributed by atoms with Crippen LogP contribution >= 0.6 is 0 Å². The number of nitrogens with zero attached hydrogens (tertiary/aromatic N) is 1. The minimum absolute atomic E-state index is 0.671. The summed E-state index contributed by atoms with van der Waals surface area (Å²) in [5.74, 6) is -0.0326. The van der Waals surface area contributed by atoms with Crippen LogP contribution in [0.4, 0.5) is 0 Å². The standard InChI is InChI=1S/C15H30N2O2/c1-5-16-15(4,14(18)19)9-11-17(13-6-7-13)10-8-12(2)3/h12-13,16H,5-11H2,1-4H3,(H,18,19). The Balaban J connectivity index is 2.47. The molecule has 0 aromatic rings. The maximum atomic E-state index is 11.4. The molecule has 19 heavy (non-hydrogen) atoms. The van der Waals surface area contributed by atoms with Crippen molar-refractivity contribution in [1.29, 1.82) is 0 Å². The zero-order chi connectivity index (χ0) is 14.5. The van der Waals surface area contributed by atoms with Crippen molar-refractivity contribution in [2.45, 2.75) is 65.0 Å². The summed E-state index contributed by atoms with van der Waals surface area (Å²) in [5, 5.41) is 12.5. The van der Waals surface area contributed by atoms with Crippen LogP contribution in [0.3, 0.4) is 0 Å². The lowest BCUT2D eigenvalue weighted by atomic mass is 9.97. The number of hydrogen-bond donors (Lipinski definition) is 2. The normalized spacial score (nSPS) is 18.8. The van der Waals surface area contributed by atoms with Crippen molar-refractivity contribution in [3.05, 3.63) is 0 Å². The number of carbonyl (C=O) groups is 1. The first-order valence-electron chi connectivity index (χ1n) is 7.61. The highest BCUT2D eigenvalue weighted by molar-refractivity contribution is 5.78. The summed E-state index contributed by atoms with van der Waals surface area (Å²) < 4.78 is 0. The second-order valence-electron chi connectivity index (χ2n) is 6.37. The fourth-order valence-electron chi connectivity index (χ4n) is 2.37. The van der Waals surface area contributed by atoms with Gasteiger partial charge in [0.1, 0.15) is 5.54 Å². The molecule has 1 unspecified atom stereocenters. The number of hydrogen-bond acceptors (Lipinski definition) is 3. The zero-order valence-corrected chi connectivity index (χ0v) is 12.9. The van der Waals surface area contributed by atoms with Crippen molar-refractivity contribution in [1.82, 2.24) is 10.2 Å². The predicted octanol–water partition coefficient (Wildman–Crippen LogP) is 2.34. The van der Waals surface area contributed by atoms with Gasteiger partial charge in [0.05, 0.1) is 0 Å². The van der Waals surface area contributed by atoms with Crippen LogP contribution in [0, 0.1) is 5.92 Å². The molecule has 1 saturated carbocycles. The van der Waals surface area contributed by atoms with Crippen molar-refractivity contribution >= 4 is 5.97 Å². The molecule has 0 saturated heterocycles. The van der Waals surface area contributed by atoms with Gasteiger partial charge in [-0.2, -0.15) is 0 Å². The maximum Gasteiger partial charge on any atom is 0.323 e. The molecular weight excluding hydrogens is 240 g/mol. The summed E-state index contributed by atoms with van der Waals surface area (Å²) in [6.07, 6.45) is 4.43. The number of rotatable bonds is 10. The summed E-state index contributed by atoms with van der Waals surface area (Å²) in [6, 6.07) is 0.707. The Morgan fingerprint density at radius 1 is 1.42 bits per heavy atom. The molecule has 0 bridgehead atoms. The van der Waals surface area contributed by atoms with E-state index in [1.54, 1.807) is 6.92 Å². The third-order valence-corrected chi connectivity index (χ3v) is 3.99. The first-order chi connectivity index (χ1) is 8.89. The summed E-state index contributed by atoms with van der Waals surface area (Å²) >= 11 is 0. The summed E-state index contributed by atoms with van der Waals surface area (Å²) in [4.78, 5) is 13.9. The first-order valence-corrected chi connectivity index (χ1v) is 7.61. The Kier molecular flexibility index (Phi) is 6.27. The molecular formula is C15H30N2O2. The van der Waals surface area contributed by atoms with E-state index < -0.39 is 11.5 Å². The molecule has 4 heteroatoms. The predicted molar refractivity (Wildman–Crippen MR) is 78.4 cm³/mol. The highest BCUT2D eigenvalue weighted by atomic mass is 16.4. The van der Waals surface area contributed by atoms with Crippen LogP contribution in [-0.4, -0.2) is 47.2 Å². The van der Waals surface area contributed by atoms with E-state index in [0.29, 0.717) is 24.9 Å². The van der Waals surface area contributed by atoms with Gasteiger partial charge in [-0.1, -0.05) is 20.8 Å². The largest absolute Gasteiger partial charge is 0.480 e. The lowest BCUT2D eigenvalue weighted by Gasteiger charge is -2.30. The minimum atomic E-state index is -0.792.